The average molecular weight is 338 g/mol. The first-order chi connectivity index (χ1) is 11.4. The number of nitrogens with one attached hydrogen (secondary N) is 1. The van der Waals surface area contributed by atoms with E-state index in [4.69, 9.17) is 5.73 Å². The van der Waals surface area contributed by atoms with Crippen molar-refractivity contribution in [3.8, 4) is 5.75 Å². The zero-order valence-corrected chi connectivity index (χ0v) is 12.3. The first kappa shape index (κ1) is 17.5. The topological polar surface area (TPSA) is 81.4 Å². The maximum absolute atomic E-state index is 13.0. The van der Waals surface area contributed by atoms with Crippen molar-refractivity contribution in [1.82, 2.24) is 0 Å². The highest BCUT2D eigenvalue weighted by molar-refractivity contribution is 6.06. The van der Waals surface area contributed by atoms with Gasteiger partial charge in [-0.05, 0) is 29.8 Å². The maximum atomic E-state index is 13.0. The summed E-state index contributed by atoms with van der Waals surface area (Å²) in [6.45, 7) is 0.0865. The number of hydrogen-bond donors (Lipinski definition) is 2. The van der Waals surface area contributed by atoms with Crippen molar-refractivity contribution >= 4 is 18.1 Å². The second kappa shape index (κ2) is 7.14. The summed E-state index contributed by atoms with van der Waals surface area (Å²) in [5.74, 6) is -1.68. The molecule has 2 aromatic carbocycles. The van der Waals surface area contributed by atoms with E-state index in [9.17, 15) is 22.8 Å². The highest BCUT2D eigenvalue weighted by Gasteiger charge is 2.36. The van der Waals surface area contributed by atoms with Gasteiger partial charge in [-0.1, -0.05) is 18.2 Å². The summed E-state index contributed by atoms with van der Waals surface area (Å²) in [6.07, 6.45) is -4.77. The van der Waals surface area contributed by atoms with Crippen molar-refractivity contribution in [2.75, 3.05) is 5.32 Å². The SMILES string of the molecule is NCc1cccc(NC(=O)c2cccc(C(F)(F)F)c2OC=O)c1. The largest absolute Gasteiger partial charge is 0.427 e. The van der Waals surface area contributed by atoms with Crippen molar-refractivity contribution in [2.24, 2.45) is 5.73 Å². The number of halogens is 3. The highest BCUT2D eigenvalue weighted by atomic mass is 19.4. The first-order valence-corrected chi connectivity index (χ1v) is 6.77. The van der Waals surface area contributed by atoms with Crippen molar-refractivity contribution in [2.45, 2.75) is 12.7 Å². The van der Waals surface area contributed by atoms with Gasteiger partial charge in [-0.2, -0.15) is 13.2 Å². The molecule has 0 aliphatic heterocycles. The molecule has 1 amide bonds. The summed E-state index contributed by atoms with van der Waals surface area (Å²) in [6, 6.07) is 9.46. The monoisotopic (exact) mass is 338 g/mol. The fourth-order valence-corrected chi connectivity index (χ4v) is 2.09. The van der Waals surface area contributed by atoms with Gasteiger partial charge in [0.15, 0.2) is 5.75 Å². The van der Waals surface area contributed by atoms with Gasteiger partial charge in [0.1, 0.15) is 0 Å². The van der Waals surface area contributed by atoms with Gasteiger partial charge in [0.25, 0.3) is 12.4 Å². The van der Waals surface area contributed by atoms with Gasteiger partial charge in [0.05, 0.1) is 11.1 Å². The summed E-state index contributed by atoms with van der Waals surface area (Å²) in [5.41, 5.74) is 4.97. The van der Waals surface area contributed by atoms with E-state index in [0.717, 1.165) is 23.8 Å². The minimum Gasteiger partial charge on any atom is -0.427 e. The van der Waals surface area contributed by atoms with Crippen LogP contribution in [0.25, 0.3) is 0 Å². The molecule has 5 nitrogen and oxygen atoms in total. The van der Waals surface area contributed by atoms with Crippen molar-refractivity contribution < 1.29 is 27.5 Å². The summed E-state index contributed by atoms with van der Waals surface area (Å²) < 4.78 is 43.4. The number of anilines is 1. The van der Waals surface area contributed by atoms with E-state index in [0.29, 0.717) is 5.69 Å². The normalized spacial score (nSPS) is 11.0. The molecular weight excluding hydrogens is 325 g/mol. The number of rotatable bonds is 5. The molecule has 0 aliphatic carbocycles. The molecule has 0 aromatic heterocycles. The molecule has 0 unspecified atom stereocenters. The van der Waals surface area contributed by atoms with Gasteiger partial charge in [-0.3, -0.25) is 9.59 Å². The van der Waals surface area contributed by atoms with E-state index in [2.05, 4.69) is 10.1 Å². The third-order valence-corrected chi connectivity index (χ3v) is 3.15. The number of para-hydroxylation sites is 1. The van der Waals surface area contributed by atoms with Gasteiger partial charge in [-0.15, -0.1) is 0 Å². The lowest BCUT2D eigenvalue weighted by Crippen LogP contribution is -2.17. The Morgan fingerprint density at radius 3 is 2.54 bits per heavy atom. The Morgan fingerprint density at radius 2 is 1.92 bits per heavy atom. The molecule has 3 N–H and O–H groups in total. The number of alkyl halides is 3. The molecule has 0 bridgehead atoms. The van der Waals surface area contributed by atoms with Crippen LogP contribution in [0.3, 0.4) is 0 Å². The fraction of sp³-hybridized carbons (Fsp3) is 0.125. The third kappa shape index (κ3) is 3.90. The first-order valence-electron chi connectivity index (χ1n) is 6.77. The Kier molecular flexibility index (Phi) is 5.20. The van der Waals surface area contributed by atoms with Crippen LogP contribution in [-0.4, -0.2) is 12.4 Å². The Bertz CT molecular complexity index is 760. The number of hydrogen-bond acceptors (Lipinski definition) is 4. The molecule has 0 aliphatic rings. The van der Waals surface area contributed by atoms with Gasteiger partial charge in [0, 0.05) is 12.2 Å². The van der Waals surface area contributed by atoms with E-state index in [1.807, 2.05) is 0 Å². The predicted octanol–water partition coefficient (Wildman–Crippen LogP) is 2.95. The molecule has 8 heteroatoms. The molecule has 126 valence electrons. The lowest BCUT2D eigenvalue weighted by Gasteiger charge is -2.14. The summed E-state index contributed by atoms with van der Waals surface area (Å²) in [4.78, 5) is 22.8. The van der Waals surface area contributed by atoms with E-state index in [1.165, 1.54) is 0 Å². The molecule has 2 aromatic rings. The van der Waals surface area contributed by atoms with Crippen LogP contribution in [0, 0.1) is 0 Å². The Morgan fingerprint density at radius 1 is 1.21 bits per heavy atom. The van der Waals surface area contributed by atoms with E-state index >= 15 is 0 Å². The number of benzene rings is 2. The Hall–Kier alpha value is -2.87. The second-order valence-electron chi connectivity index (χ2n) is 4.75. The summed E-state index contributed by atoms with van der Waals surface area (Å²) >= 11 is 0. The standard InChI is InChI=1S/C16H13F3N2O3/c17-16(18,19)13-6-2-5-12(14(13)24-9-22)15(23)21-11-4-1-3-10(7-11)8-20/h1-7,9H,8,20H2,(H,21,23). The summed E-state index contributed by atoms with van der Waals surface area (Å²) in [5, 5.41) is 2.45. The number of ether oxygens (including phenoxy) is 1. The van der Waals surface area contributed by atoms with Crippen molar-refractivity contribution in [1.29, 1.82) is 0 Å². The van der Waals surface area contributed by atoms with Crippen LogP contribution in [-0.2, 0) is 17.5 Å². The van der Waals surface area contributed by atoms with Gasteiger partial charge >= 0.3 is 6.18 Å². The zero-order valence-electron chi connectivity index (χ0n) is 12.3. The molecule has 0 heterocycles. The van der Waals surface area contributed by atoms with Crippen LogP contribution in [0.15, 0.2) is 42.5 Å². The molecule has 24 heavy (non-hydrogen) atoms. The second-order valence-corrected chi connectivity index (χ2v) is 4.75. The molecule has 0 atom stereocenters. The van der Waals surface area contributed by atoms with Crippen molar-refractivity contribution in [3.63, 3.8) is 0 Å². The molecule has 0 spiro atoms. The molecular formula is C16H13F3N2O3. The molecule has 0 saturated carbocycles. The fourth-order valence-electron chi connectivity index (χ4n) is 2.09. The lowest BCUT2D eigenvalue weighted by atomic mass is 10.1. The minimum absolute atomic E-state index is 0.156. The number of nitrogens with two attached hydrogens (primary N) is 1. The number of carbonyl (C=O) groups excluding carboxylic acids is 2. The third-order valence-electron chi connectivity index (χ3n) is 3.15. The van der Waals surface area contributed by atoms with Crippen LogP contribution in [0.5, 0.6) is 5.75 Å². The zero-order chi connectivity index (χ0) is 17.7. The molecule has 0 saturated heterocycles. The minimum atomic E-state index is -4.77. The Balaban J connectivity index is 2.39. The van der Waals surface area contributed by atoms with E-state index in [-0.39, 0.29) is 13.0 Å². The lowest BCUT2D eigenvalue weighted by molar-refractivity contribution is -0.139. The predicted molar refractivity (Wildman–Crippen MR) is 80.4 cm³/mol. The van der Waals surface area contributed by atoms with Crippen molar-refractivity contribution in [3.05, 3.63) is 59.2 Å². The van der Waals surface area contributed by atoms with E-state index in [1.54, 1.807) is 24.3 Å². The van der Waals surface area contributed by atoms with Crippen LogP contribution in [0.1, 0.15) is 21.5 Å². The number of carbonyl (C=O) groups is 2. The summed E-state index contributed by atoms with van der Waals surface area (Å²) in [7, 11) is 0. The van der Waals surface area contributed by atoms with Crippen LogP contribution < -0.4 is 15.8 Å². The van der Waals surface area contributed by atoms with Gasteiger partial charge in [-0.25, -0.2) is 0 Å². The molecule has 0 fully saturated rings. The van der Waals surface area contributed by atoms with Gasteiger partial charge in [0.2, 0.25) is 0 Å². The molecule has 0 radical (unpaired) electrons. The number of amides is 1. The van der Waals surface area contributed by atoms with E-state index < -0.39 is 29.0 Å². The van der Waals surface area contributed by atoms with Gasteiger partial charge < -0.3 is 15.8 Å². The Labute approximate surface area is 135 Å². The average Bonchev–Trinajstić information content (AvgIpc) is 2.54. The smallest absolute Gasteiger partial charge is 0.420 e. The van der Waals surface area contributed by atoms with Crippen LogP contribution in [0.4, 0.5) is 18.9 Å². The van der Waals surface area contributed by atoms with Crippen LogP contribution in [0.2, 0.25) is 0 Å². The highest BCUT2D eigenvalue weighted by Crippen LogP contribution is 2.38. The maximum Gasteiger partial charge on any atom is 0.420 e. The van der Waals surface area contributed by atoms with Crippen LogP contribution >= 0.6 is 0 Å². The molecule has 2 rings (SSSR count). The quantitative estimate of drug-likeness (QED) is 0.821.